The van der Waals surface area contributed by atoms with Crippen molar-refractivity contribution < 1.29 is 0 Å². The molecule has 138 valence electrons. The van der Waals surface area contributed by atoms with Gasteiger partial charge in [-0.15, -0.1) is 0 Å². The highest BCUT2D eigenvalue weighted by atomic mass is 79.9. The van der Waals surface area contributed by atoms with Crippen LogP contribution in [0.1, 0.15) is 38.9 Å². The molecule has 0 atom stereocenters. The van der Waals surface area contributed by atoms with Gasteiger partial charge in [0.25, 0.3) is 5.56 Å². The molecule has 5 nitrogen and oxygen atoms in total. The number of halogens is 1. The molecule has 2 heterocycles. The van der Waals surface area contributed by atoms with Crippen molar-refractivity contribution in [3.05, 3.63) is 38.9 Å². The lowest BCUT2D eigenvalue weighted by Crippen LogP contribution is -2.24. The largest absolute Gasteiger partial charge is 0.315 e. The molecule has 2 N–H and O–H groups in total. The summed E-state index contributed by atoms with van der Waals surface area (Å²) < 4.78 is 2.70. The molecule has 0 aliphatic carbocycles. The minimum Gasteiger partial charge on any atom is -0.315 e. The van der Waals surface area contributed by atoms with Crippen LogP contribution in [0.25, 0.3) is 10.9 Å². The van der Waals surface area contributed by atoms with Crippen molar-refractivity contribution in [1.82, 2.24) is 20.2 Å². The van der Waals surface area contributed by atoms with Crippen LogP contribution in [0.2, 0.25) is 0 Å². The molecular formula is C19H29BrN4O. The van der Waals surface area contributed by atoms with Crippen molar-refractivity contribution >= 4 is 26.8 Å². The fourth-order valence-electron chi connectivity index (χ4n) is 2.86. The smallest absolute Gasteiger partial charge is 0.261 e. The van der Waals surface area contributed by atoms with Gasteiger partial charge in [0.1, 0.15) is 5.82 Å². The Morgan fingerprint density at radius 3 is 2.52 bits per heavy atom. The van der Waals surface area contributed by atoms with E-state index >= 15 is 0 Å². The van der Waals surface area contributed by atoms with Crippen molar-refractivity contribution in [2.45, 2.75) is 46.1 Å². The maximum atomic E-state index is 12.4. The highest BCUT2D eigenvalue weighted by Gasteiger charge is 2.09. The number of nitrogens with zero attached hydrogens (tertiary/aromatic N) is 2. The molecule has 0 unspecified atom stereocenters. The number of unbranched alkanes of at least 4 members (excludes halogenated alkanes) is 1. The van der Waals surface area contributed by atoms with Gasteiger partial charge < -0.3 is 10.6 Å². The van der Waals surface area contributed by atoms with Crippen molar-refractivity contribution in [3.8, 4) is 0 Å². The van der Waals surface area contributed by atoms with Gasteiger partial charge in [0.2, 0.25) is 0 Å². The van der Waals surface area contributed by atoms with Gasteiger partial charge in [0.05, 0.1) is 10.9 Å². The number of aryl methyl sites for hydroxylation is 1. The summed E-state index contributed by atoms with van der Waals surface area (Å²) in [6.45, 7) is 9.46. The molecular weight excluding hydrogens is 380 g/mol. The molecule has 0 amide bonds. The van der Waals surface area contributed by atoms with E-state index in [0.717, 1.165) is 48.2 Å². The van der Waals surface area contributed by atoms with Crippen molar-refractivity contribution in [3.63, 3.8) is 0 Å². The van der Waals surface area contributed by atoms with E-state index in [2.05, 4.69) is 38.5 Å². The molecule has 25 heavy (non-hydrogen) atoms. The Labute approximate surface area is 158 Å². The Balaban J connectivity index is 0.000000269. The monoisotopic (exact) mass is 408 g/mol. The normalized spacial score (nSPS) is 14.7. The van der Waals surface area contributed by atoms with Crippen LogP contribution in [-0.2, 0) is 13.0 Å². The van der Waals surface area contributed by atoms with Gasteiger partial charge >= 0.3 is 0 Å². The summed E-state index contributed by atoms with van der Waals surface area (Å²) in [5.74, 6) is 0.902. The third-order valence-electron chi connectivity index (χ3n) is 4.25. The van der Waals surface area contributed by atoms with Crippen LogP contribution < -0.4 is 16.2 Å². The van der Waals surface area contributed by atoms with Crippen LogP contribution in [0.5, 0.6) is 0 Å². The van der Waals surface area contributed by atoms with Crippen LogP contribution >= 0.6 is 15.9 Å². The van der Waals surface area contributed by atoms with Gasteiger partial charge in [-0.3, -0.25) is 9.36 Å². The summed E-state index contributed by atoms with van der Waals surface area (Å²) in [5, 5.41) is 7.26. The first-order chi connectivity index (χ1) is 12.2. The fourth-order valence-corrected chi connectivity index (χ4v) is 3.22. The Morgan fingerprint density at radius 1 is 1.16 bits per heavy atom. The highest BCUT2D eigenvalue weighted by Crippen LogP contribution is 2.16. The first kappa shape index (κ1) is 20.1. The molecule has 6 heteroatoms. The number of fused-ring (bicyclic) bond motifs is 1. The second-order valence-corrected chi connectivity index (χ2v) is 7.11. The predicted molar refractivity (Wildman–Crippen MR) is 108 cm³/mol. The molecule has 1 aromatic heterocycles. The quantitative estimate of drug-likeness (QED) is 0.815. The van der Waals surface area contributed by atoms with E-state index in [-0.39, 0.29) is 5.56 Å². The molecule has 3 rings (SSSR count). The zero-order chi connectivity index (χ0) is 18.1. The lowest BCUT2D eigenvalue weighted by molar-refractivity contribution is 0.630. The molecule has 1 aliphatic rings. The first-order valence-electron chi connectivity index (χ1n) is 9.27. The first-order valence-corrected chi connectivity index (χ1v) is 10.1. The van der Waals surface area contributed by atoms with Gasteiger partial charge in [-0.25, -0.2) is 4.98 Å². The highest BCUT2D eigenvalue weighted by molar-refractivity contribution is 9.10. The third-order valence-corrected chi connectivity index (χ3v) is 4.74. The van der Waals surface area contributed by atoms with E-state index in [1.165, 1.54) is 19.5 Å². The molecule has 0 saturated carbocycles. The lowest BCUT2D eigenvalue weighted by atomic mass is 10.2. The molecule has 0 radical (unpaired) electrons. The van der Waals surface area contributed by atoms with Crippen molar-refractivity contribution in [2.75, 3.05) is 26.2 Å². The van der Waals surface area contributed by atoms with E-state index < -0.39 is 0 Å². The number of nitrogens with one attached hydrogen (secondary N) is 2. The zero-order valence-electron chi connectivity index (χ0n) is 15.3. The lowest BCUT2D eigenvalue weighted by Gasteiger charge is -2.11. The van der Waals surface area contributed by atoms with E-state index in [4.69, 9.17) is 0 Å². The van der Waals surface area contributed by atoms with Gasteiger partial charge in [0, 0.05) is 30.5 Å². The van der Waals surface area contributed by atoms with Gasteiger partial charge in [-0.1, -0.05) is 29.3 Å². The maximum Gasteiger partial charge on any atom is 0.261 e. The number of benzene rings is 1. The van der Waals surface area contributed by atoms with Gasteiger partial charge in [-0.2, -0.15) is 0 Å². The van der Waals surface area contributed by atoms with Crippen molar-refractivity contribution in [1.29, 1.82) is 0 Å². The second kappa shape index (κ2) is 10.7. The summed E-state index contributed by atoms with van der Waals surface area (Å²) in [4.78, 5) is 17.0. The summed E-state index contributed by atoms with van der Waals surface area (Å²) >= 11 is 3.40. The number of aromatic nitrogens is 2. The molecule has 1 aromatic carbocycles. The van der Waals surface area contributed by atoms with Crippen LogP contribution in [0, 0.1) is 0 Å². The SMILES string of the molecule is C1CNCCNC1.CCCCc1nc2ccc(Br)cc2c(=O)n1CC. The minimum absolute atomic E-state index is 0.0647. The minimum atomic E-state index is 0.0647. The third kappa shape index (κ3) is 5.90. The van der Waals surface area contributed by atoms with E-state index in [9.17, 15) is 4.79 Å². The van der Waals surface area contributed by atoms with E-state index in [1.54, 1.807) is 4.57 Å². The topological polar surface area (TPSA) is 59.0 Å². The van der Waals surface area contributed by atoms with Crippen LogP contribution in [0.15, 0.2) is 27.5 Å². The molecule has 0 spiro atoms. The summed E-state index contributed by atoms with van der Waals surface area (Å²) in [6.07, 6.45) is 4.32. The molecule has 1 aliphatic heterocycles. The second-order valence-electron chi connectivity index (χ2n) is 6.20. The Morgan fingerprint density at radius 2 is 1.88 bits per heavy atom. The van der Waals surface area contributed by atoms with Crippen LogP contribution in [-0.4, -0.2) is 35.7 Å². The van der Waals surface area contributed by atoms with Gasteiger partial charge in [0.15, 0.2) is 0 Å². The molecule has 2 aromatic rings. The standard InChI is InChI=1S/C14H17BrN2O.C5H12N2/c1-3-5-6-13-16-12-8-7-10(15)9-11(12)14(18)17(13)4-2;1-2-6-4-5-7-3-1/h7-9H,3-6H2,1-2H3;6-7H,1-5H2. The van der Waals surface area contributed by atoms with E-state index in [0.29, 0.717) is 11.9 Å². The Kier molecular flexibility index (Phi) is 8.58. The molecule has 0 bridgehead atoms. The Hall–Kier alpha value is -1.24. The predicted octanol–water partition coefficient (Wildman–Crippen LogP) is 3.09. The number of hydrogen-bond donors (Lipinski definition) is 2. The zero-order valence-corrected chi connectivity index (χ0v) is 16.9. The van der Waals surface area contributed by atoms with Crippen molar-refractivity contribution in [2.24, 2.45) is 0 Å². The summed E-state index contributed by atoms with van der Waals surface area (Å²) in [7, 11) is 0. The number of hydrogen-bond acceptors (Lipinski definition) is 4. The molecule has 1 saturated heterocycles. The van der Waals surface area contributed by atoms with E-state index in [1.807, 2.05) is 25.1 Å². The average Bonchev–Trinajstić information content (AvgIpc) is 2.94. The Bertz CT molecular complexity index is 710. The van der Waals surface area contributed by atoms with Crippen LogP contribution in [0.3, 0.4) is 0 Å². The van der Waals surface area contributed by atoms with Gasteiger partial charge in [-0.05, 0) is 51.1 Å². The summed E-state index contributed by atoms with van der Waals surface area (Å²) in [6, 6.07) is 5.67. The molecule has 1 fully saturated rings. The number of rotatable bonds is 4. The summed E-state index contributed by atoms with van der Waals surface area (Å²) in [5.41, 5.74) is 0.855. The van der Waals surface area contributed by atoms with Crippen LogP contribution in [0.4, 0.5) is 0 Å². The fraction of sp³-hybridized carbons (Fsp3) is 0.579. The average molecular weight is 409 g/mol. The maximum absolute atomic E-state index is 12.4.